The third-order valence-corrected chi connectivity index (χ3v) is 2.37. The number of anilines is 2. The summed E-state index contributed by atoms with van der Waals surface area (Å²) in [6, 6.07) is 3.10. The van der Waals surface area contributed by atoms with Gasteiger partial charge in [0.1, 0.15) is 11.9 Å². The molecule has 0 fully saturated rings. The molecule has 0 saturated heterocycles. The zero-order valence-corrected chi connectivity index (χ0v) is 9.90. The fourth-order valence-corrected chi connectivity index (χ4v) is 1.30. The van der Waals surface area contributed by atoms with E-state index in [-0.39, 0.29) is 11.9 Å². The van der Waals surface area contributed by atoms with Gasteiger partial charge in [0.05, 0.1) is 0 Å². The van der Waals surface area contributed by atoms with Crippen molar-refractivity contribution in [3.8, 4) is 0 Å². The van der Waals surface area contributed by atoms with Crippen molar-refractivity contribution in [3.05, 3.63) is 18.3 Å². The van der Waals surface area contributed by atoms with Gasteiger partial charge in [0.2, 0.25) is 5.91 Å². The van der Waals surface area contributed by atoms with Crippen LogP contribution in [0.4, 0.5) is 11.5 Å². The lowest BCUT2D eigenvalue weighted by Gasteiger charge is -2.20. The predicted molar refractivity (Wildman–Crippen MR) is 65.0 cm³/mol. The van der Waals surface area contributed by atoms with Crippen LogP contribution in [0.5, 0.6) is 0 Å². The second-order valence-corrected chi connectivity index (χ2v) is 3.69. The van der Waals surface area contributed by atoms with E-state index in [2.05, 4.69) is 10.3 Å². The number of carbonyl (C=O) groups is 1. The van der Waals surface area contributed by atoms with Gasteiger partial charge in [0.15, 0.2) is 0 Å². The van der Waals surface area contributed by atoms with Crippen LogP contribution in [0.1, 0.15) is 13.8 Å². The van der Waals surface area contributed by atoms with Crippen molar-refractivity contribution in [1.29, 1.82) is 0 Å². The molecule has 1 atom stereocenters. The third kappa shape index (κ3) is 3.12. The van der Waals surface area contributed by atoms with Crippen LogP contribution in [-0.2, 0) is 4.79 Å². The lowest BCUT2D eigenvalue weighted by atomic mass is 10.3. The van der Waals surface area contributed by atoms with Crippen molar-refractivity contribution in [2.24, 2.45) is 0 Å². The number of nitrogen functional groups attached to an aromatic ring is 1. The first-order valence-corrected chi connectivity index (χ1v) is 5.27. The van der Waals surface area contributed by atoms with Gasteiger partial charge < -0.3 is 16.0 Å². The molecule has 0 aliphatic rings. The van der Waals surface area contributed by atoms with Gasteiger partial charge in [-0.25, -0.2) is 4.98 Å². The number of nitrogens with two attached hydrogens (primary N) is 1. The molecule has 0 bridgehead atoms. The SMILES string of the molecule is CCN(C)C(=O)C(C)Nc1cc(N)ccn1. The summed E-state index contributed by atoms with van der Waals surface area (Å²) in [5.74, 6) is 0.650. The quantitative estimate of drug-likeness (QED) is 0.795. The molecule has 5 heteroatoms. The highest BCUT2D eigenvalue weighted by Crippen LogP contribution is 2.09. The molecule has 1 aromatic rings. The molecule has 3 N–H and O–H groups in total. The lowest BCUT2D eigenvalue weighted by molar-refractivity contribution is -0.130. The molecular formula is C11H18N4O. The molecule has 0 aliphatic heterocycles. The fraction of sp³-hybridized carbons (Fsp3) is 0.455. The Hall–Kier alpha value is -1.78. The summed E-state index contributed by atoms with van der Waals surface area (Å²) in [4.78, 5) is 17.5. The van der Waals surface area contributed by atoms with E-state index in [1.165, 1.54) is 0 Å². The number of nitrogens with one attached hydrogen (secondary N) is 1. The van der Waals surface area contributed by atoms with E-state index in [4.69, 9.17) is 5.73 Å². The first-order chi connectivity index (χ1) is 7.54. The average Bonchev–Trinajstić information content (AvgIpc) is 2.27. The van der Waals surface area contributed by atoms with Crippen LogP contribution in [0.25, 0.3) is 0 Å². The van der Waals surface area contributed by atoms with Crippen molar-refractivity contribution in [3.63, 3.8) is 0 Å². The summed E-state index contributed by atoms with van der Waals surface area (Å²) in [6.45, 7) is 4.43. The Morgan fingerprint density at radius 1 is 1.69 bits per heavy atom. The first kappa shape index (κ1) is 12.3. The van der Waals surface area contributed by atoms with E-state index in [0.717, 1.165) is 0 Å². The molecule has 88 valence electrons. The van der Waals surface area contributed by atoms with Gasteiger partial charge in [-0.1, -0.05) is 0 Å². The minimum atomic E-state index is -0.306. The Morgan fingerprint density at radius 3 is 2.94 bits per heavy atom. The van der Waals surface area contributed by atoms with Gasteiger partial charge in [0.25, 0.3) is 0 Å². The minimum Gasteiger partial charge on any atom is -0.399 e. The van der Waals surface area contributed by atoms with Gasteiger partial charge in [-0.3, -0.25) is 4.79 Å². The molecule has 1 heterocycles. The average molecular weight is 222 g/mol. The van der Waals surface area contributed by atoms with Crippen molar-refractivity contribution >= 4 is 17.4 Å². The zero-order valence-electron chi connectivity index (χ0n) is 9.90. The maximum atomic E-state index is 11.8. The maximum absolute atomic E-state index is 11.8. The molecule has 0 aromatic carbocycles. The van der Waals surface area contributed by atoms with E-state index >= 15 is 0 Å². The Bertz CT molecular complexity index is 367. The van der Waals surface area contributed by atoms with Crippen molar-refractivity contribution in [2.45, 2.75) is 19.9 Å². The van der Waals surface area contributed by atoms with Crippen LogP contribution in [0.15, 0.2) is 18.3 Å². The minimum absolute atomic E-state index is 0.0340. The van der Waals surface area contributed by atoms with Gasteiger partial charge in [-0.15, -0.1) is 0 Å². The molecule has 5 nitrogen and oxygen atoms in total. The molecule has 1 aromatic heterocycles. The van der Waals surface area contributed by atoms with E-state index in [1.54, 1.807) is 37.2 Å². The van der Waals surface area contributed by atoms with Gasteiger partial charge in [-0.05, 0) is 19.9 Å². The largest absolute Gasteiger partial charge is 0.399 e. The zero-order chi connectivity index (χ0) is 12.1. The Kier molecular flexibility index (Phi) is 4.10. The normalized spacial score (nSPS) is 11.9. The number of hydrogen-bond acceptors (Lipinski definition) is 4. The third-order valence-electron chi connectivity index (χ3n) is 2.37. The summed E-state index contributed by atoms with van der Waals surface area (Å²) in [7, 11) is 1.77. The van der Waals surface area contributed by atoms with E-state index < -0.39 is 0 Å². The van der Waals surface area contributed by atoms with Crippen molar-refractivity contribution < 1.29 is 4.79 Å². The fourth-order valence-electron chi connectivity index (χ4n) is 1.30. The first-order valence-electron chi connectivity index (χ1n) is 5.27. The highest BCUT2D eigenvalue weighted by atomic mass is 16.2. The summed E-state index contributed by atoms with van der Waals surface area (Å²) in [5.41, 5.74) is 6.25. The number of pyridine rings is 1. The molecule has 0 saturated carbocycles. The molecule has 16 heavy (non-hydrogen) atoms. The van der Waals surface area contributed by atoms with E-state index in [9.17, 15) is 4.79 Å². The number of likely N-dealkylation sites (N-methyl/N-ethyl adjacent to an activating group) is 1. The van der Waals surface area contributed by atoms with Crippen LogP contribution >= 0.6 is 0 Å². The predicted octanol–water partition coefficient (Wildman–Crippen LogP) is 0.942. The maximum Gasteiger partial charge on any atom is 0.244 e. The van der Waals surface area contributed by atoms with Crippen molar-refractivity contribution in [1.82, 2.24) is 9.88 Å². The number of hydrogen-bond donors (Lipinski definition) is 2. The summed E-state index contributed by atoms with van der Waals surface area (Å²) in [6.07, 6.45) is 1.61. The van der Waals surface area contributed by atoms with Crippen LogP contribution in [0.2, 0.25) is 0 Å². The van der Waals surface area contributed by atoms with Crippen LogP contribution < -0.4 is 11.1 Å². The molecule has 1 unspecified atom stereocenters. The van der Waals surface area contributed by atoms with Crippen molar-refractivity contribution in [2.75, 3.05) is 24.6 Å². The number of rotatable bonds is 4. The van der Waals surface area contributed by atoms with Gasteiger partial charge in [0, 0.05) is 31.5 Å². The van der Waals surface area contributed by atoms with Gasteiger partial charge >= 0.3 is 0 Å². The number of carbonyl (C=O) groups excluding carboxylic acids is 1. The van der Waals surface area contributed by atoms with E-state index in [1.807, 2.05) is 6.92 Å². The Labute approximate surface area is 95.7 Å². The monoisotopic (exact) mass is 222 g/mol. The Morgan fingerprint density at radius 2 is 2.38 bits per heavy atom. The second-order valence-electron chi connectivity index (χ2n) is 3.69. The standard InChI is InChI=1S/C11H18N4O/c1-4-15(3)11(16)8(2)14-10-7-9(12)5-6-13-10/h5-8H,4H2,1-3H3,(H3,12,13,14). The molecule has 0 radical (unpaired) electrons. The topological polar surface area (TPSA) is 71.2 Å². The number of amides is 1. The highest BCUT2D eigenvalue weighted by molar-refractivity contribution is 5.83. The highest BCUT2D eigenvalue weighted by Gasteiger charge is 2.16. The number of nitrogens with zero attached hydrogens (tertiary/aromatic N) is 2. The summed E-state index contributed by atoms with van der Waals surface area (Å²) >= 11 is 0. The van der Waals surface area contributed by atoms with Crippen LogP contribution in [0, 0.1) is 0 Å². The van der Waals surface area contributed by atoms with E-state index in [0.29, 0.717) is 18.1 Å². The van der Waals surface area contributed by atoms with Gasteiger partial charge in [-0.2, -0.15) is 0 Å². The molecule has 1 rings (SSSR count). The molecule has 0 aliphatic carbocycles. The summed E-state index contributed by atoms with van der Waals surface area (Å²) in [5, 5.41) is 3.02. The van der Waals surface area contributed by atoms with Crippen LogP contribution in [-0.4, -0.2) is 35.4 Å². The van der Waals surface area contributed by atoms with Crippen LogP contribution in [0.3, 0.4) is 0 Å². The lowest BCUT2D eigenvalue weighted by Crippen LogP contribution is -2.39. The Balaban J connectivity index is 2.64. The summed E-state index contributed by atoms with van der Waals surface area (Å²) < 4.78 is 0. The second kappa shape index (κ2) is 5.34. The molecular weight excluding hydrogens is 204 g/mol. The smallest absolute Gasteiger partial charge is 0.244 e. The molecule has 1 amide bonds. The molecule has 0 spiro atoms. The number of aromatic nitrogens is 1.